The molecule has 0 radical (unpaired) electrons. The topological polar surface area (TPSA) is 167 Å². The molecule has 1 aromatic heterocycles. The molecule has 2 aliphatic heterocycles. The maximum atomic E-state index is 13.4. The van der Waals surface area contributed by atoms with E-state index in [-0.39, 0.29) is 30.0 Å². The number of carbonyl (C=O) groups is 3. The second kappa shape index (κ2) is 11.6. The average molecular weight is 507 g/mol. The molecule has 1 unspecified atom stereocenters. The molecule has 0 spiro atoms. The summed E-state index contributed by atoms with van der Waals surface area (Å²) in [5.41, 5.74) is 7.09. The summed E-state index contributed by atoms with van der Waals surface area (Å²) in [6.07, 6.45) is 5.17. The van der Waals surface area contributed by atoms with Crippen LogP contribution >= 0.6 is 0 Å². The van der Waals surface area contributed by atoms with Crippen molar-refractivity contribution in [3.05, 3.63) is 24.5 Å². The first-order chi connectivity index (χ1) is 17.9. The summed E-state index contributed by atoms with van der Waals surface area (Å²) in [5, 5.41) is 13.4. The predicted molar refractivity (Wildman–Crippen MR) is 136 cm³/mol. The maximum Gasteiger partial charge on any atom is 0.330 e. The smallest absolute Gasteiger partial charge is 0.330 e. The Morgan fingerprint density at radius 2 is 2.00 bits per heavy atom. The highest BCUT2D eigenvalue weighted by molar-refractivity contribution is 6.11. The number of likely N-dealkylation sites (tertiary alicyclic amines) is 2. The fraction of sp³-hybridized carbons (Fsp3) is 0.480. The fourth-order valence-electron chi connectivity index (χ4n) is 4.58. The lowest BCUT2D eigenvalue weighted by Gasteiger charge is -2.25. The van der Waals surface area contributed by atoms with Gasteiger partial charge in [-0.2, -0.15) is 5.26 Å². The van der Waals surface area contributed by atoms with Gasteiger partial charge in [-0.3, -0.25) is 19.4 Å². The van der Waals surface area contributed by atoms with Crippen LogP contribution < -0.4 is 11.1 Å². The number of esters is 1. The molecule has 0 aliphatic carbocycles. The number of hydrogen-bond acceptors (Lipinski definition) is 9. The zero-order valence-electron chi connectivity index (χ0n) is 20.7. The normalized spacial score (nSPS) is 19.3. The fourth-order valence-corrected chi connectivity index (χ4v) is 4.58. The van der Waals surface area contributed by atoms with Gasteiger partial charge in [-0.15, -0.1) is 0 Å². The number of rotatable bonds is 6. The number of aliphatic imine (C=N–C) groups is 1. The molecule has 2 amide bonds. The quantitative estimate of drug-likeness (QED) is 0.334. The number of carbonyl (C=O) groups excluding carboxylic acids is 3. The van der Waals surface area contributed by atoms with Crippen molar-refractivity contribution < 1.29 is 19.1 Å². The van der Waals surface area contributed by atoms with E-state index >= 15 is 0 Å². The van der Waals surface area contributed by atoms with Gasteiger partial charge in [0.05, 0.1) is 25.2 Å². The zero-order chi connectivity index (χ0) is 26.4. The van der Waals surface area contributed by atoms with E-state index in [9.17, 15) is 19.6 Å². The van der Waals surface area contributed by atoms with Crippen molar-refractivity contribution in [2.45, 2.75) is 38.1 Å². The Hall–Kier alpha value is -4.27. The van der Waals surface area contributed by atoms with E-state index in [1.54, 1.807) is 23.1 Å². The number of aromatic nitrogens is 2. The van der Waals surface area contributed by atoms with Gasteiger partial charge in [-0.05, 0) is 50.3 Å². The van der Waals surface area contributed by atoms with Crippen LogP contribution in [0.25, 0.3) is 10.9 Å². The molecule has 3 N–H and O–H groups in total. The molecular formula is C25H30N8O4. The van der Waals surface area contributed by atoms with Gasteiger partial charge in [-0.25, -0.2) is 9.97 Å². The number of hydrogen-bond donors (Lipinski definition) is 2. The third-order valence-electron chi connectivity index (χ3n) is 6.61. The summed E-state index contributed by atoms with van der Waals surface area (Å²) in [7, 11) is 1.18. The van der Waals surface area contributed by atoms with E-state index in [4.69, 9.17) is 10.5 Å². The monoisotopic (exact) mass is 506 g/mol. The molecule has 1 aromatic carbocycles. The Labute approximate surface area is 214 Å². The third kappa shape index (κ3) is 5.94. The number of benzene rings is 1. The van der Waals surface area contributed by atoms with Crippen molar-refractivity contribution in [1.82, 2.24) is 19.8 Å². The molecule has 2 saturated heterocycles. The Bertz CT molecular complexity index is 1250. The van der Waals surface area contributed by atoms with Crippen LogP contribution in [0.3, 0.4) is 0 Å². The number of nitrogens with zero attached hydrogens (tertiary/aromatic N) is 6. The molecule has 3 heterocycles. The molecule has 0 saturated carbocycles. The largest absolute Gasteiger partial charge is 0.468 e. The van der Waals surface area contributed by atoms with Gasteiger partial charge in [0.25, 0.3) is 0 Å². The van der Waals surface area contributed by atoms with Gasteiger partial charge in [0.15, 0.2) is 0 Å². The summed E-state index contributed by atoms with van der Waals surface area (Å²) < 4.78 is 4.81. The van der Waals surface area contributed by atoms with E-state index in [1.807, 2.05) is 6.07 Å². The third-order valence-corrected chi connectivity index (χ3v) is 6.61. The molecule has 2 atom stereocenters. The van der Waals surface area contributed by atoms with Crippen molar-refractivity contribution in [1.29, 1.82) is 5.26 Å². The van der Waals surface area contributed by atoms with Crippen LogP contribution in [0, 0.1) is 17.2 Å². The number of nitriles is 1. The van der Waals surface area contributed by atoms with E-state index in [0.717, 1.165) is 19.3 Å². The van der Waals surface area contributed by atoms with Crippen molar-refractivity contribution >= 4 is 46.0 Å². The van der Waals surface area contributed by atoms with Crippen LogP contribution in [0.15, 0.2) is 29.5 Å². The number of nitrogens with one attached hydrogen (secondary N) is 1. The van der Waals surface area contributed by atoms with E-state index in [1.165, 1.54) is 18.3 Å². The SMILES string of the molecule is COC(=O)C(C#N)C(=N[C@H]1CCCCN(CC(=O)N2CCCC2)C1=O)Nc1ccc2ncnc(N)c2c1. The first kappa shape index (κ1) is 25.8. The molecule has 4 rings (SSSR count). The van der Waals surface area contributed by atoms with Gasteiger partial charge < -0.3 is 25.6 Å². The molecule has 2 aliphatic rings. The first-order valence-electron chi connectivity index (χ1n) is 12.3. The summed E-state index contributed by atoms with van der Waals surface area (Å²) >= 11 is 0. The van der Waals surface area contributed by atoms with Crippen molar-refractivity contribution in [3.8, 4) is 6.07 Å². The van der Waals surface area contributed by atoms with Crippen molar-refractivity contribution in [2.24, 2.45) is 10.9 Å². The van der Waals surface area contributed by atoms with Crippen molar-refractivity contribution in [2.75, 3.05) is 44.3 Å². The van der Waals surface area contributed by atoms with Gasteiger partial charge in [0, 0.05) is 30.7 Å². The molecule has 0 bridgehead atoms. The van der Waals surface area contributed by atoms with Gasteiger partial charge in [-0.1, -0.05) is 0 Å². The molecule has 2 aromatic rings. The van der Waals surface area contributed by atoms with Gasteiger partial charge >= 0.3 is 5.97 Å². The molecule has 2 fully saturated rings. The Balaban J connectivity index is 1.63. The number of nitrogens with two attached hydrogens (primary N) is 1. The lowest BCUT2D eigenvalue weighted by atomic mass is 10.1. The van der Waals surface area contributed by atoms with Gasteiger partial charge in [0.1, 0.15) is 24.0 Å². The van der Waals surface area contributed by atoms with Crippen LogP contribution in [0.5, 0.6) is 0 Å². The molecule has 37 heavy (non-hydrogen) atoms. The summed E-state index contributed by atoms with van der Waals surface area (Å²) in [4.78, 5) is 54.7. The average Bonchev–Trinajstić information content (AvgIpc) is 3.39. The molecule has 12 heteroatoms. The summed E-state index contributed by atoms with van der Waals surface area (Å²) in [6.45, 7) is 1.87. The Kier molecular flexibility index (Phi) is 8.12. The highest BCUT2D eigenvalue weighted by Gasteiger charge is 2.33. The maximum absolute atomic E-state index is 13.4. The van der Waals surface area contributed by atoms with Crippen LogP contribution in [-0.4, -0.2) is 82.7 Å². The lowest BCUT2D eigenvalue weighted by Crippen LogP contribution is -2.45. The Morgan fingerprint density at radius 1 is 1.24 bits per heavy atom. The van der Waals surface area contributed by atoms with E-state index < -0.39 is 17.9 Å². The van der Waals surface area contributed by atoms with Crippen LogP contribution in [-0.2, 0) is 19.1 Å². The number of fused-ring (bicyclic) bond motifs is 1. The molecular weight excluding hydrogens is 476 g/mol. The minimum absolute atomic E-state index is 0.00372. The standard InChI is InChI=1S/C25H30N8O4/c1-37-25(36)18(13-26)23(30-16-7-8-19-17(12-16)22(27)29-15-28-19)31-20-6-2-3-11-33(24(20)35)14-21(34)32-9-4-5-10-32/h7-8,12,15,18,20H,2-6,9-11,14H2,1H3,(H,30,31)(H2,27,28,29)/t18?,20-/m0/s1. The van der Waals surface area contributed by atoms with Crippen molar-refractivity contribution in [3.63, 3.8) is 0 Å². The molecule has 12 nitrogen and oxygen atoms in total. The lowest BCUT2D eigenvalue weighted by molar-refractivity contribution is -0.141. The number of ether oxygens (including phenoxy) is 1. The minimum atomic E-state index is -1.39. The Morgan fingerprint density at radius 3 is 2.73 bits per heavy atom. The van der Waals surface area contributed by atoms with Crippen LogP contribution in [0.1, 0.15) is 32.1 Å². The van der Waals surface area contributed by atoms with Crippen LogP contribution in [0.4, 0.5) is 11.5 Å². The first-order valence-corrected chi connectivity index (χ1v) is 12.3. The minimum Gasteiger partial charge on any atom is -0.468 e. The highest BCUT2D eigenvalue weighted by Crippen LogP contribution is 2.23. The van der Waals surface area contributed by atoms with Gasteiger partial charge in [0.2, 0.25) is 17.7 Å². The second-order valence-corrected chi connectivity index (χ2v) is 9.07. The number of amidine groups is 1. The summed E-state index contributed by atoms with van der Waals surface area (Å²) in [5.74, 6) is -2.32. The second-order valence-electron chi connectivity index (χ2n) is 9.07. The van der Waals surface area contributed by atoms with E-state index in [2.05, 4.69) is 20.3 Å². The number of nitrogen functional groups attached to an aromatic ring is 1. The van der Waals surface area contributed by atoms with E-state index in [0.29, 0.717) is 49.1 Å². The number of methoxy groups -OCH3 is 1. The van der Waals surface area contributed by atoms with Crippen LogP contribution in [0.2, 0.25) is 0 Å². The number of anilines is 2. The number of amides is 2. The highest BCUT2D eigenvalue weighted by atomic mass is 16.5. The predicted octanol–water partition coefficient (Wildman–Crippen LogP) is 1.34. The molecule has 194 valence electrons. The zero-order valence-corrected chi connectivity index (χ0v) is 20.7. The summed E-state index contributed by atoms with van der Waals surface area (Å²) in [6, 6.07) is 6.16.